The molecule has 0 bridgehead atoms. The number of rotatable bonds is 6. The van der Waals surface area contributed by atoms with E-state index in [2.05, 4.69) is 35.8 Å². The lowest BCUT2D eigenvalue weighted by Crippen LogP contribution is -2.48. The zero-order valence-electron chi connectivity index (χ0n) is 15.7. The summed E-state index contributed by atoms with van der Waals surface area (Å²) in [6.45, 7) is 9.02. The van der Waals surface area contributed by atoms with Crippen LogP contribution in [0.5, 0.6) is 5.75 Å². The van der Waals surface area contributed by atoms with E-state index in [-0.39, 0.29) is 17.5 Å². The maximum Gasteiger partial charge on any atom is 0.312 e. The normalized spacial score (nSPS) is 23.6. The Morgan fingerprint density at radius 3 is 2.52 bits per heavy atom. The summed E-state index contributed by atoms with van der Waals surface area (Å²) in [6, 6.07) is 8.23. The number of methoxy groups -OCH3 is 1. The van der Waals surface area contributed by atoms with Gasteiger partial charge in [0.25, 0.3) is 0 Å². The highest BCUT2D eigenvalue weighted by Gasteiger charge is 2.46. The predicted molar refractivity (Wildman–Crippen MR) is 99.2 cm³/mol. The molecule has 2 saturated heterocycles. The Labute approximate surface area is 150 Å². The lowest BCUT2D eigenvalue weighted by Gasteiger charge is -2.37. The molecule has 25 heavy (non-hydrogen) atoms. The van der Waals surface area contributed by atoms with E-state index in [4.69, 9.17) is 9.47 Å². The van der Waals surface area contributed by atoms with Gasteiger partial charge in [0.2, 0.25) is 0 Å². The van der Waals surface area contributed by atoms with Gasteiger partial charge in [0.05, 0.1) is 12.5 Å². The van der Waals surface area contributed by atoms with Crippen LogP contribution in [0.3, 0.4) is 0 Å². The molecule has 2 aliphatic rings. The molecule has 1 aromatic carbocycles. The van der Waals surface area contributed by atoms with Gasteiger partial charge in [0, 0.05) is 50.9 Å². The number of hydrogen-bond acceptors (Lipinski definition) is 5. The van der Waals surface area contributed by atoms with Crippen molar-refractivity contribution < 1.29 is 14.3 Å². The van der Waals surface area contributed by atoms with Crippen LogP contribution in [0.25, 0.3) is 0 Å². The second kappa shape index (κ2) is 7.65. The van der Waals surface area contributed by atoms with Gasteiger partial charge in [-0.3, -0.25) is 9.69 Å². The average molecular weight is 346 g/mol. The first-order chi connectivity index (χ1) is 12.1. The van der Waals surface area contributed by atoms with Gasteiger partial charge >= 0.3 is 5.97 Å². The Hall–Kier alpha value is -1.75. The molecule has 138 valence electrons. The van der Waals surface area contributed by atoms with E-state index in [9.17, 15) is 4.79 Å². The third kappa shape index (κ3) is 3.76. The molecule has 0 amide bonds. The van der Waals surface area contributed by atoms with E-state index in [0.717, 1.165) is 57.7 Å². The van der Waals surface area contributed by atoms with Crippen molar-refractivity contribution in [2.45, 2.75) is 39.2 Å². The van der Waals surface area contributed by atoms with Gasteiger partial charge in [-0.15, -0.1) is 0 Å². The number of carbonyl (C=O) groups excluding carboxylic acids is 1. The number of ether oxygens (including phenoxy) is 2. The topological polar surface area (TPSA) is 42.0 Å². The molecular weight excluding hydrogens is 316 g/mol. The van der Waals surface area contributed by atoms with Crippen molar-refractivity contribution in [2.24, 2.45) is 5.41 Å². The van der Waals surface area contributed by atoms with Crippen LogP contribution in [0.1, 0.15) is 33.1 Å². The molecule has 1 unspecified atom stereocenters. The van der Waals surface area contributed by atoms with Gasteiger partial charge in [0.1, 0.15) is 11.9 Å². The quantitative estimate of drug-likeness (QED) is 0.741. The fraction of sp³-hybridized carbons (Fsp3) is 0.650. The highest BCUT2D eigenvalue weighted by Crippen LogP contribution is 2.40. The first-order valence-electron chi connectivity index (χ1n) is 9.42. The minimum absolute atomic E-state index is 0.0116. The summed E-state index contributed by atoms with van der Waals surface area (Å²) >= 11 is 0. The van der Waals surface area contributed by atoms with Crippen molar-refractivity contribution in [3.05, 3.63) is 24.3 Å². The third-order valence-corrected chi connectivity index (χ3v) is 5.93. The monoisotopic (exact) mass is 346 g/mol. The number of cyclic esters (lactones) is 1. The summed E-state index contributed by atoms with van der Waals surface area (Å²) in [5.74, 6) is 0.908. The van der Waals surface area contributed by atoms with E-state index in [1.165, 1.54) is 5.69 Å². The van der Waals surface area contributed by atoms with Crippen molar-refractivity contribution in [2.75, 3.05) is 44.7 Å². The molecule has 0 N–H and O–H groups in total. The van der Waals surface area contributed by atoms with Crippen molar-refractivity contribution in [3.8, 4) is 5.75 Å². The number of nitrogens with zero attached hydrogens (tertiary/aromatic N) is 2. The highest BCUT2D eigenvalue weighted by atomic mass is 16.6. The summed E-state index contributed by atoms with van der Waals surface area (Å²) in [6.07, 6.45) is 2.68. The van der Waals surface area contributed by atoms with Crippen LogP contribution >= 0.6 is 0 Å². The summed E-state index contributed by atoms with van der Waals surface area (Å²) in [5, 5.41) is 0. The zero-order valence-corrected chi connectivity index (χ0v) is 15.7. The molecule has 3 rings (SSSR count). The van der Waals surface area contributed by atoms with Crippen molar-refractivity contribution >= 4 is 11.7 Å². The number of carbonyl (C=O) groups is 1. The fourth-order valence-electron chi connectivity index (χ4n) is 4.05. The number of benzene rings is 1. The van der Waals surface area contributed by atoms with Crippen LogP contribution in [-0.2, 0) is 9.53 Å². The fourth-order valence-corrected chi connectivity index (χ4v) is 4.05. The molecule has 2 heterocycles. The standard InChI is InChI=1S/C20H30N2O3/c1-4-20(5-2)14-18(25-19(20)23)15-21-9-11-22(12-10-21)16-7-6-8-17(13-16)24-3/h6-8,13,18H,4-5,9-12,14-15H2,1-3H3. The van der Waals surface area contributed by atoms with Crippen LogP contribution < -0.4 is 9.64 Å². The van der Waals surface area contributed by atoms with Gasteiger partial charge in [-0.25, -0.2) is 0 Å². The summed E-state index contributed by atoms with van der Waals surface area (Å²) < 4.78 is 11.0. The number of esters is 1. The first-order valence-corrected chi connectivity index (χ1v) is 9.42. The van der Waals surface area contributed by atoms with Crippen molar-refractivity contribution in [1.29, 1.82) is 0 Å². The molecule has 0 saturated carbocycles. The summed E-state index contributed by atoms with van der Waals surface area (Å²) in [5.41, 5.74) is 0.967. The molecule has 2 fully saturated rings. The molecule has 5 heteroatoms. The van der Waals surface area contributed by atoms with Crippen LogP contribution in [0.2, 0.25) is 0 Å². The number of piperazine rings is 1. The Bertz CT molecular complexity index is 592. The maximum absolute atomic E-state index is 12.2. The van der Waals surface area contributed by atoms with Crippen molar-refractivity contribution in [3.63, 3.8) is 0 Å². The lowest BCUT2D eigenvalue weighted by molar-refractivity contribution is -0.149. The Morgan fingerprint density at radius 1 is 1.20 bits per heavy atom. The van der Waals surface area contributed by atoms with Crippen LogP contribution in [-0.4, -0.2) is 56.8 Å². The molecular formula is C20H30N2O3. The molecule has 1 aromatic rings. The van der Waals surface area contributed by atoms with Gasteiger partial charge in [-0.05, 0) is 25.0 Å². The van der Waals surface area contributed by atoms with E-state index in [1.54, 1.807) is 7.11 Å². The minimum Gasteiger partial charge on any atom is -0.497 e. The first kappa shape index (κ1) is 18.1. The summed E-state index contributed by atoms with van der Waals surface area (Å²) in [4.78, 5) is 17.1. The predicted octanol–water partition coefficient (Wildman–Crippen LogP) is 2.94. The second-order valence-electron chi connectivity index (χ2n) is 7.21. The molecule has 2 aliphatic heterocycles. The largest absolute Gasteiger partial charge is 0.497 e. The van der Waals surface area contributed by atoms with Gasteiger partial charge < -0.3 is 14.4 Å². The van der Waals surface area contributed by atoms with Gasteiger partial charge in [0.15, 0.2) is 0 Å². The Kier molecular flexibility index (Phi) is 5.52. The van der Waals surface area contributed by atoms with Gasteiger partial charge in [-0.2, -0.15) is 0 Å². The number of hydrogen-bond donors (Lipinski definition) is 0. The molecule has 0 aromatic heterocycles. The molecule has 0 radical (unpaired) electrons. The van der Waals surface area contributed by atoms with E-state index in [0.29, 0.717) is 0 Å². The maximum atomic E-state index is 12.2. The minimum atomic E-state index is -0.243. The Morgan fingerprint density at radius 2 is 1.92 bits per heavy atom. The molecule has 5 nitrogen and oxygen atoms in total. The highest BCUT2D eigenvalue weighted by molar-refractivity contribution is 5.79. The average Bonchev–Trinajstić information content (AvgIpc) is 2.98. The second-order valence-corrected chi connectivity index (χ2v) is 7.21. The smallest absolute Gasteiger partial charge is 0.312 e. The van der Waals surface area contributed by atoms with E-state index < -0.39 is 0 Å². The zero-order chi connectivity index (χ0) is 17.9. The number of anilines is 1. The summed E-state index contributed by atoms with van der Waals surface area (Å²) in [7, 11) is 1.70. The van der Waals surface area contributed by atoms with Crippen molar-refractivity contribution in [1.82, 2.24) is 4.90 Å². The molecule has 0 spiro atoms. The SMILES string of the molecule is CCC1(CC)CC(CN2CCN(c3cccc(OC)c3)CC2)OC1=O. The van der Waals surface area contributed by atoms with E-state index >= 15 is 0 Å². The lowest BCUT2D eigenvalue weighted by atomic mass is 9.79. The van der Waals surface area contributed by atoms with E-state index in [1.807, 2.05) is 12.1 Å². The molecule has 0 aliphatic carbocycles. The van der Waals surface area contributed by atoms with Crippen LogP contribution in [0.4, 0.5) is 5.69 Å². The third-order valence-electron chi connectivity index (χ3n) is 5.93. The van der Waals surface area contributed by atoms with Gasteiger partial charge in [-0.1, -0.05) is 19.9 Å². The molecule has 1 atom stereocenters. The Balaban J connectivity index is 1.52. The van der Waals surface area contributed by atoms with Crippen LogP contribution in [0.15, 0.2) is 24.3 Å². The van der Waals surface area contributed by atoms with Crippen LogP contribution in [0, 0.1) is 5.41 Å².